The first kappa shape index (κ1) is 12.7. The molecule has 0 aliphatic carbocycles. The largest absolute Gasteiger partial charge is 0.296 e. The van der Waals surface area contributed by atoms with E-state index < -0.39 is 0 Å². The summed E-state index contributed by atoms with van der Waals surface area (Å²) >= 11 is 3.38. The summed E-state index contributed by atoms with van der Waals surface area (Å²) < 4.78 is 2.67. The first-order valence-electron chi connectivity index (χ1n) is 5.41. The van der Waals surface area contributed by atoms with Crippen molar-refractivity contribution >= 4 is 22.2 Å². The first-order valence-corrected chi connectivity index (χ1v) is 6.20. The molecule has 0 aliphatic rings. The quantitative estimate of drug-likeness (QED) is 0.644. The molecule has 2 rings (SSSR count). The van der Waals surface area contributed by atoms with Crippen molar-refractivity contribution in [2.24, 2.45) is 0 Å². The van der Waals surface area contributed by atoms with Gasteiger partial charge in [-0.05, 0) is 19.1 Å². The molecule has 0 amide bonds. The topological polar surface area (TPSA) is 47.8 Å². The molecule has 18 heavy (non-hydrogen) atoms. The van der Waals surface area contributed by atoms with E-state index in [9.17, 15) is 4.79 Å². The lowest BCUT2D eigenvalue weighted by molar-refractivity contribution is 0.111. The zero-order chi connectivity index (χ0) is 13.1. The molecule has 0 saturated heterocycles. The van der Waals surface area contributed by atoms with Crippen LogP contribution in [0.5, 0.6) is 0 Å². The predicted molar refractivity (Wildman–Crippen MR) is 73.4 cm³/mol. The summed E-state index contributed by atoms with van der Waals surface area (Å²) in [7, 11) is 0. The van der Waals surface area contributed by atoms with Gasteiger partial charge in [-0.3, -0.25) is 4.79 Å². The summed E-state index contributed by atoms with van der Waals surface area (Å²) in [5.41, 5.74) is 2.93. The molecule has 0 bridgehead atoms. The summed E-state index contributed by atoms with van der Waals surface area (Å²) in [4.78, 5) is 11.0. The van der Waals surface area contributed by atoms with E-state index in [1.165, 1.54) is 0 Å². The minimum atomic E-state index is 0.346. The molecule has 1 heterocycles. The average Bonchev–Trinajstić information content (AvgIpc) is 2.72. The molecule has 0 fully saturated rings. The zero-order valence-corrected chi connectivity index (χ0v) is 11.5. The third kappa shape index (κ3) is 2.56. The predicted octanol–water partition coefficient (Wildman–Crippen LogP) is 3.10. The van der Waals surface area contributed by atoms with E-state index in [1.807, 2.05) is 31.2 Å². The number of carbonyl (C=O) groups is 1. The Balaban J connectivity index is 2.52. The number of nitrogens with zero attached hydrogens (tertiary/aromatic N) is 3. The second-order valence-corrected chi connectivity index (χ2v) is 4.98. The maximum Gasteiger partial charge on any atom is 0.172 e. The molecule has 1 aromatic carbocycles. The van der Waals surface area contributed by atoms with Crippen molar-refractivity contribution in [3.05, 3.63) is 46.6 Å². The van der Waals surface area contributed by atoms with Gasteiger partial charge in [0.05, 0.1) is 12.2 Å². The van der Waals surface area contributed by atoms with Gasteiger partial charge in [-0.1, -0.05) is 45.4 Å². The highest BCUT2D eigenvalue weighted by Gasteiger charge is 2.14. The maximum absolute atomic E-state index is 11.0. The molecular weight excluding hydrogens is 294 g/mol. The third-order valence-corrected chi connectivity index (χ3v) is 2.94. The van der Waals surface area contributed by atoms with E-state index in [4.69, 9.17) is 0 Å². The lowest BCUT2D eigenvalue weighted by Gasteiger charge is -2.06. The normalized spacial score (nSPS) is 10.3. The Bertz CT molecular complexity index is 587. The van der Waals surface area contributed by atoms with Crippen LogP contribution in [0.25, 0.3) is 11.3 Å². The molecule has 0 saturated carbocycles. The Labute approximate surface area is 113 Å². The van der Waals surface area contributed by atoms with Crippen LogP contribution in [-0.2, 0) is 6.54 Å². The van der Waals surface area contributed by atoms with Gasteiger partial charge >= 0.3 is 0 Å². The van der Waals surface area contributed by atoms with Gasteiger partial charge in [0.15, 0.2) is 12.0 Å². The Morgan fingerprint density at radius 1 is 1.44 bits per heavy atom. The highest BCUT2D eigenvalue weighted by molar-refractivity contribution is 9.10. The van der Waals surface area contributed by atoms with E-state index in [1.54, 1.807) is 4.68 Å². The summed E-state index contributed by atoms with van der Waals surface area (Å²) in [6.07, 6.45) is 0.722. The second-order valence-electron chi connectivity index (χ2n) is 4.06. The van der Waals surface area contributed by atoms with Crippen molar-refractivity contribution in [3.8, 4) is 11.3 Å². The highest BCUT2D eigenvalue weighted by atomic mass is 79.9. The van der Waals surface area contributed by atoms with Gasteiger partial charge in [-0.15, -0.1) is 5.10 Å². The molecule has 5 heteroatoms. The summed E-state index contributed by atoms with van der Waals surface area (Å²) in [5, 5.41) is 7.87. The van der Waals surface area contributed by atoms with Gasteiger partial charge in [0.1, 0.15) is 0 Å². The van der Waals surface area contributed by atoms with Gasteiger partial charge < -0.3 is 0 Å². The molecule has 0 atom stereocenters. The monoisotopic (exact) mass is 305 g/mol. The Morgan fingerprint density at radius 3 is 2.67 bits per heavy atom. The number of aromatic nitrogens is 3. The number of rotatable bonds is 4. The highest BCUT2D eigenvalue weighted by Crippen LogP contribution is 2.23. The van der Waals surface area contributed by atoms with E-state index in [0.29, 0.717) is 12.2 Å². The molecule has 0 spiro atoms. The Hall–Kier alpha value is -1.75. The Morgan fingerprint density at radius 2 is 2.11 bits per heavy atom. The van der Waals surface area contributed by atoms with Crippen LogP contribution < -0.4 is 0 Å². The number of aldehydes is 1. The van der Waals surface area contributed by atoms with Crippen LogP contribution in [-0.4, -0.2) is 21.3 Å². The number of allylic oxidation sites excluding steroid dienone is 1. The van der Waals surface area contributed by atoms with Crippen molar-refractivity contribution in [3.63, 3.8) is 0 Å². The van der Waals surface area contributed by atoms with Crippen molar-refractivity contribution in [2.75, 3.05) is 0 Å². The fraction of sp³-hybridized carbons (Fsp3) is 0.154. The molecule has 4 nitrogen and oxygen atoms in total. The standard InChI is InChI=1S/C13H12BrN3O/c1-9(2)7-17-13(12(8-18)15-16-17)10-3-5-11(14)6-4-10/h3-6,8H,1,7H2,2H3. The lowest BCUT2D eigenvalue weighted by atomic mass is 10.1. The lowest BCUT2D eigenvalue weighted by Crippen LogP contribution is -2.03. The minimum Gasteiger partial charge on any atom is -0.296 e. The number of benzene rings is 1. The Kier molecular flexibility index (Phi) is 3.72. The molecule has 0 unspecified atom stereocenters. The van der Waals surface area contributed by atoms with Crippen molar-refractivity contribution in [2.45, 2.75) is 13.5 Å². The SMILES string of the molecule is C=C(C)Cn1nnc(C=O)c1-c1ccc(Br)cc1. The third-order valence-electron chi connectivity index (χ3n) is 2.41. The number of hydrogen-bond donors (Lipinski definition) is 0. The summed E-state index contributed by atoms with van der Waals surface area (Å²) in [6, 6.07) is 7.68. The summed E-state index contributed by atoms with van der Waals surface area (Å²) in [5.74, 6) is 0. The van der Waals surface area contributed by atoms with Gasteiger partial charge in [0.25, 0.3) is 0 Å². The maximum atomic E-state index is 11.0. The fourth-order valence-corrected chi connectivity index (χ4v) is 1.94. The van der Waals surface area contributed by atoms with Crippen LogP contribution in [0.1, 0.15) is 17.4 Å². The smallest absolute Gasteiger partial charge is 0.172 e. The van der Waals surface area contributed by atoms with Crippen LogP contribution in [0.3, 0.4) is 0 Å². The zero-order valence-electron chi connectivity index (χ0n) is 9.93. The van der Waals surface area contributed by atoms with Crippen LogP contribution >= 0.6 is 15.9 Å². The van der Waals surface area contributed by atoms with Crippen LogP contribution in [0.15, 0.2) is 40.9 Å². The minimum absolute atomic E-state index is 0.346. The van der Waals surface area contributed by atoms with E-state index in [-0.39, 0.29) is 0 Å². The van der Waals surface area contributed by atoms with Crippen LogP contribution in [0.4, 0.5) is 0 Å². The average molecular weight is 306 g/mol. The van der Waals surface area contributed by atoms with Gasteiger partial charge in [0, 0.05) is 10.0 Å². The van der Waals surface area contributed by atoms with Gasteiger partial charge in [-0.2, -0.15) is 0 Å². The number of carbonyl (C=O) groups excluding carboxylic acids is 1. The number of hydrogen-bond acceptors (Lipinski definition) is 3. The van der Waals surface area contributed by atoms with Crippen molar-refractivity contribution < 1.29 is 4.79 Å². The van der Waals surface area contributed by atoms with Gasteiger partial charge in [-0.25, -0.2) is 4.68 Å². The van der Waals surface area contributed by atoms with E-state index in [0.717, 1.165) is 27.6 Å². The van der Waals surface area contributed by atoms with E-state index >= 15 is 0 Å². The fourth-order valence-electron chi connectivity index (χ4n) is 1.68. The van der Waals surface area contributed by atoms with Crippen molar-refractivity contribution in [1.82, 2.24) is 15.0 Å². The first-order chi connectivity index (χ1) is 8.61. The van der Waals surface area contributed by atoms with Gasteiger partial charge in [0.2, 0.25) is 0 Å². The molecule has 2 aromatic rings. The molecule has 1 aromatic heterocycles. The summed E-state index contributed by atoms with van der Waals surface area (Å²) in [6.45, 7) is 6.31. The second kappa shape index (κ2) is 5.27. The molecule has 0 aliphatic heterocycles. The van der Waals surface area contributed by atoms with Crippen LogP contribution in [0.2, 0.25) is 0 Å². The molecule has 92 valence electrons. The number of halogens is 1. The molecule has 0 N–H and O–H groups in total. The van der Waals surface area contributed by atoms with E-state index in [2.05, 4.69) is 32.8 Å². The molecule has 0 radical (unpaired) electrons. The molecular formula is C13H12BrN3O. The van der Waals surface area contributed by atoms with Crippen LogP contribution in [0, 0.1) is 0 Å². The van der Waals surface area contributed by atoms with Crippen molar-refractivity contribution in [1.29, 1.82) is 0 Å².